The van der Waals surface area contributed by atoms with Gasteiger partial charge in [0, 0.05) is 35.7 Å². The Balaban J connectivity index is 1.47. The van der Waals surface area contributed by atoms with Crippen molar-refractivity contribution in [3.05, 3.63) is 76.1 Å². The van der Waals surface area contributed by atoms with Crippen LogP contribution in [0.5, 0.6) is 0 Å². The summed E-state index contributed by atoms with van der Waals surface area (Å²) in [5.41, 5.74) is 3.99. The first kappa shape index (κ1) is 25.8. The van der Waals surface area contributed by atoms with E-state index in [9.17, 15) is 22.8 Å². The molecular formula is C29H29F3N4O2. The van der Waals surface area contributed by atoms with Crippen molar-refractivity contribution in [1.29, 1.82) is 0 Å². The molecule has 1 saturated heterocycles. The number of halogens is 3. The Morgan fingerprint density at radius 1 is 1.11 bits per heavy atom. The molecule has 0 unspecified atom stereocenters. The number of aromatic amines is 1. The molecular weight excluding hydrogens is 493 g/mol. The summed E-state index contributed by atoms with van der Waals surface area (Å²) in [4.78, 5) is 31.5. The lowest BCUT2D eigenvalue weighted by Crippen LogP contribution is -2.33. The molecule has 5 rings (SSSR count). The SMILES string of the molecule is Cc1[nH]c(/C=C2\C(=O)Nc3cccc(-c4cccc(C(F)(F)F)c4)c32)c(C)c1C(=O)NCCN1CCCC1. The Kier molecular flexibility index (Phi) is 6.88. The second-order valence-corrected chi connectivity index (χ2v) is 9.79. The molecule has 2 amide bonds. The number of rotatable bonds is 6. The van der Waals surface area contributed by atoms with Gasteiger partial charge in [-0.3, -0.25) is 9.59 Å². The fraction of sp³-hybridized carbons (Fsp3) is 0.310. The largest absolute Gasteiger partial charge is 0.416 e. The first-order valence-electron chi connectivity index (χ1n) is 12.7. The van der Waals surface area contributed by atoms with Gasteiger partial charge in [-0.05, 0) is 80.7 Å². The zero-order valence-electron chi connectivity index (χ0n) is 21.3. The monoisotopic (exact) mass is 522 g/mol. The third-order valence-corrected chi connectivity index (χ3v) is 7.23. The third kappa shape index (κ3) is 4.98. The molecule has 3 aromatic rings. The van der Waals surface area contributed by atoms with Crippen LogP contribution in [-0.2, 0) is 11.0 Å². The second-order valence-electron chi connectivity index (χ2n) is 9.79. The van der Waals surface area contributed by atoms with Crippen molar-refractivity contribution >= 4 is 29.2 Å². The van der Waals surface area contributed by atoms with E-state index in [1.165, 1.54) is 18.9 Å². The van der Waals surface area contributed by atoms with Gasteiger partial charge in [-0.25, -0.2) is 0 Å². The summed E-state index contributed by atoms with van der Waals surface area (Å²) in [6.45, 7) is 7.10. The number of amides is 2. The van der Waals surface area contributed by atoms with Crippen LogP contribution < -0.4 is 10.6 Å². The van der Waals surface area contributed by atoms with Gasteiger partial charge in [-0.1, -0.05) is 24.3 Å². The third-order valence-electron chi connectivity index (χ3n) is 7.23. The minimum atomic E-state index is -4.48. The summed E-state index contributed by atoms with van der Waals surface area (Å²) in [6.07, 6.45) is -0.435. The quantitative estimate of drug-likeness (QED) is 0.367. The Morgan fingerprint density at radius 2 is 1.84 bits per heavy atom. The number of fused-ring (bicyclic) bond motifs is 1. The highest BCUT2D eigenvalue weighted by molar-refractivity contribution is 6.36. The first-order chi connectivity index (χ1) is 18.1. The van der Waals surface area contributed by atoms with Gasteiger partial charge in [-0.15, -0.1) is 0 Å². The fourth-order valence-electron chi connectivity index (χ4n) is 5.32. The molecule has 2 aromatic carbocycles. The van der Waals surface area contributed by atoms with Crippen LogP contribution in [0.3, 0.4) is 0 Å². The number of aromatic nitrogens is 1. The number of hydrogen-bond donors (Lipinski definition) is 3. The molecule has 0 saturated carbocycles. The highest BCUT2D eigenvalue weighted by atomic mass is 19.4. The predicted octanol–water partition coefficient (Wildman–Crippen LogP) is 5.64. The lowest BCUT2D eigenvalue weighted by molar-refractivity contribution is -0.137. The molecule has 6 nitrogen and oxygen atoms in total. The van der Waals surface area contributed by atoms with Crippen molar-refractivity contribution in [3.63, 3.8) is 0 Å². The van der Waals surface area contributed by atoms with Crippen molar-refractivity contribution < 1.29 is 22.8 Å². The predicted molar refractivity (Wildman–Crippen MR) is 142 cm³/mol. The maximum atomic E-state index is 13.4. The van der Waals surface area contributed by atoms with E-state index < -0.39 is 11.7 Å². The molecule has 2 aliphatic heterocycles. The van der Waals surface area contributed by atoms with Gasteiger partial charge < -0.3 is 20.5 Å². The van der Waals surface area contributed by atoms with E-state index >= 15 is 0 Å². The normalized spacial score (nSPS) is 16.7. The number of alkyl halides is 3. The minimum absolute atomic E-state index is 0.180. The van der Waals surface area contributed by atoms with Crippen molar-refractivity contribution in [3.8, 4) is 11.1 Å². The maximum absolute atomic E-state index is 13.4. The van der Waals surface area contributed by atoms with Gasteiger partial charge in [0.15, 0.2) is 0 Å². The smallest absolute Gasteiger partial charge is 0.358 e. The summed E-state index contributed by atoms with van der Waals surface area (Å²) < 4.78 is 40.1. The van der Waals surface area contributed by atoms with E-state index in [0.29, 0.717) is 57.0 Å². The van der Waals surface area contributed by atoms with Crippen molar-refractivity contribution in [2.24, 2.45) is 0 Å². The molecule has 0 radical (unpaired) electrons. The van der Waals surface area contributed by atoms with Gasteiger partial charge in [0.05, 0.1) is 16.7 Å². The number of likely N-dealkylation sites (tertiary alicyclic amines) is 1. The number of carbonyl (C=O) groups excluding carboxylic acids is 2. The van der Waals surface area contributed by atoms with E-state index in [1.54, 1.807) is 37.3 Å². The van der Waals surface area contributed by atoms with E-state index in [1.807, 2.05) is 6.92 Å². The molecule has 1 fully saturated rings. The average molecular weight is 523 g/mol. The van der Waals surface area contributed by atoms with Crippen LogP contribution in [0.15, 0.2) is 42.5 Å². The number of carbonyl (C=O) groups is 2. The molecule has 0 spiro atoms. The van der Waals surface area contributed by atoms with Crippen LogP contribution in [-0.4, -0.2) is 47.9 Å². The van der Waals surface area contributed by atoms with E-state index in [2.05, 4.69) is 20.5 Å². The number of hydrogen-bond acceptors (Lipinski definition) is 3. The Labute approximate surface area is 218 Å². The van der Waals surface area contributed by atoms with Crippen LogP contribution in [0.4, 0.5) is 18.9 Å². The molecule has 38 heavy (non-hydrogen) atoms. The molecule has 0 bridgehead atoms. The zero-order chi connectivity index (χ0) is 27.0. The molecule has 3 heterocycles. The van der Waals surface area contributed by atoms with Gasteiger partial charge >= 0.3 is 6.18 Å². The number of nitrogens with zero attached hydrogens (tertiary/aromatic N) is 1. The number of anilines is 1. The first-order valence-corrected chi connectivity index (χ1v) is 12.7. The standard InChI is InChI=1S/C29H29F3N4O2/c1-17-24(34-18(2)25(17)28(38)33-11-14-36-12-3-4-13-36)16-22-26-21(9-6-10-23(26)35-27(22)37)19-7-5-8-20(15-19)29(30,31)32/h5-10,15-16,34H,3-4,11-14H2,1-2H3,(H,33,38)(H,35,37)/b22-16-. The second kappa shape index (κ2) is 10.1. The van der Waals surface area contributed by atoms with Gasteiger partial charge in [0.1, 0.15) is 0 Å². The summed E-state index contributed by atoms with van der Waals surface area (Å²) in [5, 5.41) is 5.81. The molecule has 0 atom stereocenters. The van der Waals surface area contributed by atoms with E-state index in [-0.39, 0.29) is 11.8 Å². The minimum Gasteiger partial charge on any atom is -0.358 e. The average Bonchev–Trinajstić information content (AvgIpc) is 3.57. The fourth-order valence-corrected chi connectivity index (χ4v) is 5.32. The maximum Gasteiger partial charge on any atom is 0.416 e. The topological polar surface area (TPSA) is 77.2 Å². The van der Waals surface area contributed by atoms with E-state index in [0.717, 1.165) is 31.8 Å². The van der Waals surface area contributed by atoms with Gasteiger partial charge in [-0.2, -0.15) is 13.2 Å². The van der Waals surface area contributed by atoms with Crippen LogP contribution in [0.2, 0.25) is 0 Å². The van der Waals surface area contributed by atoms with Crippen molar-refractivity contribution in [1.82, 2.24) is 15.2 Å². The summed E-state index contributed by atoms with van der Waals surface area (Å²) in [5.74, 6) is -0.538. The summed E-state index contributed by atoms with van der Waals surface area (Å²) >= 11 is 0. The molecule has 198 valence electrons. The summed E-state index contributed by atoms with van der Waals surface area (Å²) in [7, 11) is 0. The number of aryl methyl sites for hydroxylation is 1. The highest BCUT2D eigenvalue weighted by Gasteiger charge is 2.32. The van der Waals surface area contributed by atoms with Gasteiger partial charge in [0.2, 0.25) is 0 Å². The van der Waals surface area contributed by atoms with Crippen molar-refractivity contribution in [2.45, 2.75) is 32.9 Å². The van der Waals surface area contributed by atoms with Crippen molar-refractivity contribution in [2.75, 3.05) is 31.5 Å². The molecule has 0 aliphatic carbocycles. The highest BCUT2D eigenvalue weighted by Crippen LogP contribution is 2.42. The number of nitrogens with one attached hydrogen (secondary N) is 3. The van der Waals surface area contributed by atoms with Crippen LogP contribution in [0, 0.1) is 13.8 Å². The van der Waals surface area contributed by atoms with Crippen LogP contribution >= 0.6 is 0 Å². The Bertz CT molecular complexity index is 1430. The van der Waals surface area contributed by atoms with Gasteiger partial charge in [0.25, 0.3) is 11.8 Å². The Morgan fingerprint density at radius 3 is 2.58 bits per heavy atom. The lowest BCUT2D eigenvalue weighted by Gasteiger charge is -2.14. The molecule has 9 heteroatoms. The van der Waals surface area contributed by atoms with E-state index in [4.69, 9.17) is 0 Å². The van der Waals surface area contributed by atoms with Crippen LogP contribution in [0.25, 0.3) is 22.8 Å². The Hall–Kier alpha value is -3.85. The number of H-pyrrole nitrogens is 1. The molecule has 3 N–H and O–H groups in total. The molecule has 1 aromatic heterocycles. The van der Waals surface area contributed by atoms with Crippen LogP contribution in [0.1, 0.15) is 51.3 Å². The molecule has 2 aliphatic rings. The zero-order valence-corrected chi connectivity index (χ0v) is 21.3. The summed E-state index contributed by atoms with van der Waals surface area (Å²) in [6, 6.07) is 10.2. The number of benzene rings is 2. The lowest BCUT2D eigenvalue weighted by atomic mass is 9.93.